The predicted molar refractivity (Wildman–Crippen MR) is 65.0 cm³/mol. The number of hydrogen-bond donors (Lipinski definition) is 1. The van der Waals surface area contributed by atoms with Crippen molar-refractivity contribution >= 4 is 0 Å². The van der Waals surface area contributed by atoms with Crippen molar-refractivity contribution in [2.75, 3.05) is 13.7 Å². The third kappa shape index (κ3) is 1.56. The molecule has 3 rings (SSSR count). The lowest BCUT2D eigenvalue weighted by atomic mass is 9.54. The van der Waals surface area contributed by atoms with Crippen molar-refractivity contribution in [3.63, 3.8) is 0 Å². The average Bonchev–Trinajstić information content (AvgIpc) is 2.26. The number of methoxy groups -OCH3 is 1. The second-order valence-electron chi connectivity index (χ2n) is 5.42. The van der Waals surface area contributed by atoms with Crippen molar-refractivity contribution in [2.24, 2.45) is 23.7 Å². The molecule has 5 atom stereocenters. The van der Waals surface area contributed by atoms with Gasteiger partial charge < -0.3 is 9.84 Å². The van der Waals surface area contributed by atoms with Gasteiger partial charge in [0.05, 0.1) is 5.60 Å². The van der Waals surface area contributed by atoms with E-state index in [0.717, 1.165) is 13.0 Å². The first-order valence-electron chi connectivity index (χ1n) is 6.06. The lowest BCUT2D eigenvalue weighted by molar-refractivity contribution is -0.0792. The molecular formula is C14H22O2. The Morgan fingerprint density at radius 3 is 2.94 bits per heavy atom. The normalized spacial score (nSPS) is 46.6. The van der Waals surface area contributed by atoms with Crippen molar-refractivity contribution in [2.45, 2.75) is 25.9 Å². The predicted octanol–water partition coefficient (Wildman–Crippen LogP) is 2.40. The van der Waals surface area contributed by atoms with Crippen molar-refractivity contribution < 1.29 is 9.84 Å². The van der Waals surface area contributed by atoms with Gasteiger partial charge in [0.25, 0.3) is 0 Å². The number of fused-ring (bicyclic) bond motifs is 2. The van der Waals surface area contributed by atoms with E-state index in [0.29, 0.717) is 17.8 Å². The summed E-state index contributed by atoms with van der Waals surface area (Å²) < 4.78 is 5.32. The molecule has 0 aliphatic heterocycles. The fourth-order valence-electron chi connectivity index (χ4n) is 3.61. The molecule has 0 amide bonds. The molecule has 0 aromatic rings. The zero-order valence-electron chi connectivity index (χ0n) is 10.4. The zero-order chi connectivity index (χ0) is 11.9. The summed E-state index contributed by atoms with van der Waals surface area (Å²) in [5.74, 6) is 1.66. The molecule has 0 spiro atoms. The molecule has 0 saturated heterocycles. The van der Waals surface area contributed by atoms with Gasteiger partial charge in [-0.3, -0.25) is 0 Å². The van der Waals surface area contributed by atoms with Crippen LogP contribution in [0.2, 0.25) is 0 Å². The molecule has 2 bridgehead atoms. The maximum absolute atomic E-state index is 10.5. The first-order valence-corrected chi connectivity index (χ1v) is 6.06. The first kappa shape index (κ1) is 11.9. The second-order valence-corrected chi connectivity index (χ2v) is 5.42. The summed E-state index contributed by atoms with van der Waals surface area (Å²) in [5.41, 5.74) is 0.713. The van der Waals surface area contributed by atoms with Gasteiger partial charge in [0.15, 0.2) is 0 Å². The van der Waals surface area contributed by atoms with Gasteiger partial charge >= 0.3 is 0 Å². The topological polar surface area (TPSA) is 29.5 Å². The lowest BCUT2D eigenvalue weighted by Crippen LogP contribution is -2.53. The summed E-state index contributed by atoms with van der Waals surface area (Å²) in [4.78, 5) is 0. The smallest absolute Gasteiger partial charge is 0.0895 e. The minimum absolute atomic E-state index is 0.204. The molecule has 1 fully saturated rings. The van der Waals surface area contributed by atoms with Gasteiger partial charge in [-0.2, -0.15) is 0 Å². The van der Waals surface area contributed by atoms with Crippen LogP contribution in [-0.4, -0.2) is 24.4 Å². The Balaban J connectivity index is 2.33. The van der Waals surface area contributed by atoms with Gasteiger partial charge in [-0.25, -0.2) is 0 Å². The number of hydrogen-bond acceptors (Lipinski definition) is 2. The van der Waals surface area contributed by atoms with E-state index < -0.39 is 5.60 Å². The molecule has 3 aliphatic carbocycles. The molecule has 1 saturated carbocycles. The molecule has 2 nitrogen and oxygen atoms in total. The molecule has 3 aliphatic rings. The second kappa shape index (κ2) is 4.01. The molecule has 0 heterocycles. The first-order chi connectivity index (χ1) is 7.53. The SMILES string of the molecule is C=C[C@]1(O)C[C@@H]2C(C)=C[C@H]1[C@H](C)[C@H]2COC. The molecule has 0 unspecified atom stereocenters. The van der Waals surface area contributed by atoms with Crippen LogP contribution in [0.1, 0.15) is 20.3 Å². The van der Waals surface area contributed by atoms with Crippen LogP contribution in [-0.2, 0) is 4.74 Å². The van der Waals surface area contributed by atoms with Gasteiger partial charge in [-0.05, 0) is 31.1 Å². The van der Waals surface area contributed by atoms with Gasteiger partial charge in [0, 0.05) is 19.6 Å². The van der Waals surface area contributed by atoms with Crippen molar-refractivity contribution in [1.82, 2.24) is 0 Å². The molecule has 1 N–H and O–H groups in total. The summed E-state index contributed by atoms with van der Waals surface area (Å²) in [7, 11) is 1.76. The van der Waals surface area contributed by atoms with E-state index >= 15 is 0 Å². The number of rotatable bonds is 3. The number of allylic oxidation sites excluding steroid dienone is 1. The van der Waals surface area contributed by atoms with E-state index in [2.05, 4.69) is 26.5 Å². The van der Waals surface area contributed by atoms with Gasteiger partial charge in [-0.1, -0.05) is 24.6 Å². The highest BCUT2D eigenvalue weighted by molar-refractivity contribution is 5.26. The molecule has 2 heteroatoms. The standard InChI is InChI=1S/C14H22O2/c1-5-14(15)7-11-9(2)6-13(14)10(3)12(11)8-16-4/h5-6,10-13,15H,1,7-8H2,2-4H3/t10-,11-,12-,13+,14+/m1/s1. The lowest BCUT2D eigenvalue weighted by Gasteiger charge is -2.53. The Labute approximate surface area is 98.0 Å². The maximum Gasteiger partial charge on any atom is 0.0895 e. The van der Waals surface area contributed by atoms with Crippen LogP contribution in [0.25, 0.3) is 0 Å². The summed E-state index contributed by atoms with van der Waals surface area (Å²) in [6.07, 6.45) is 4.78. The van der Waals surface area contributed by atoms with Crippen molar-refractivity contribution in [3.8, 4) is 0 Å². The van der Waals surface area contributed by atoms with Crippen LogP contribution in [0.15, 0.2) is 24.3 Å². The molecule has 16 heavy (non-hydrogen) atoms. The zero-order valence-corrected chi connectivity index (χ0v) is 10.4. The van der Waals surface area contributed by atoms with E-state index in [-0.39, 0.29) is 5.92 Å². The summed E-state index contributed by atoms with van der Waals surface area (Å²) in [6.45, 7) is 8.98. The average molecular weight is 222 g/mol. The summed E-state index contributed by atoms with van der Waals surface area (Å²) in [6, 6.07) is 0. The fraction of sp³-hybridized carbons (Fsp3) is 0.714. The molecule has 0 radical (unpaired) electrons. The van der Waals surface area contributed by atoms with Gasteiger partial charge in [-0.15, -0.1) is 6.58 Å². The van der Waals surface area contributed by atoms with E-state index in [9.17, 15) is 5.11 Å². The molecule has 0 aromatic carbocycles. The van der Waals surface area contributed by atoms with Crippen LogP contribution >= 0.6 is 0 Å². The van der Waals surface area contributed by atoms with Crippen molar-refractivity contribution in [3.05, 3.63) is 24.3 Å². The van der Waals surface area contributed by atoms with Gasteiger partial charge in [0.2, 0.25) is 0 Å². The van der Waals surface area contributed by atoms with Crippen LogP contribution in [0.3, 0.4) is 0 Å². The van der Waals surface area contributed by atoms with Crippen LogP contribution in [0, 0.1) is 23.7 Å². The van der Waals surface area contributed by atoms with Crippen LogP contribution < -0.4 is 0 Å². The van der Waals surface area contributed by atoms with E-state index in [1.807, 2.05) is 0 Å². The third-order valence-electron chi connectivity index (χ3n) is 4.62. The minimum atomic E-state index is -0.701. The highest BCUT2D eigenvalue weighted by Crippen LogP contribution is 2.53. The molecule has 90 valence electrons. The monoisotopic (exact) mass is 222 g/mol. The highest BCUT2D eigenvalue weighted by atomic mass is 16.5. The quantitative estimate of drug-likeness (QED) is 0.743. The highest BCUT2D eigenvalue weighted by Gasteiger charge is 2.51. The third-order valence-corrected chi connectivity index (χ3v) is 4.62. The van der Waals surface area contributed by atoms with E-state index in [1.165, 1.54) is 5.57 Å². The van der Waals surface area contributed by atoms with Crippen molar-refractivity contribution in [1.29, 1.82) is 0 Å². The Bertz CT molecular complexity index is 321. The Morgan fingerprint density at radius 1 is 1.69 bits per heavy atom. The maximum atomic E-state index is 10.5. The minimum Gasteiger partial charge on any atom is -0.385 e. The molecular weight excluding hydrogens is 200 g/mol. The summed E-state index contributed by atoms with van der Waals surface area (Å²) >= 11 is 0. The Kier molecular flexibility index (Phi) is 2.97. The van der Waals surface area contributed by atoms with Crippen LogP contribution in [0.4, 0.5) is 0 Å². The number of ether oxygens (including phenoxy) is 1. The van der Waals surface area contributed by atoms with Crippen LogP contribution in [0.5, 0.6) is 0 Å². The molecule has 0 aromatic heterocycles. The summed E-state index contributed by atoms with van der Waals surface area (Å²) in [5, 5.41) is 10.5. The largest absolute Gasteiger partial charge is 0.385 e. The Hall–Kier alpha value is -0.600. The fourth-order valence-corrected chi connectivity index (χ4v) is 3.61. The van der Waals surface area contributed by atoms with E-state index in [1.54, 1.807) is 13.2 Å². The number of aliphatic hydroxyl groups is 1. The van der Waals surface area contributed by atoms with Gasteiger partial charge in [0.1, 0.15) is 0 Å². The Morgan fingerprint density at radius 2 is 2.38 bits per heavy atom. The van der Waals surface area contributed by atoms with E-state index in [4.69, 9.17) is 4.74 Å².